The number of rotatable bonds is 8. The summed E-state index contributed by atoms with van der Waals surface area (Å²) in [6, 6.07) is 3.32. The second-order valence-electron chi connectivity index (χ2n) is 4.93. The van der Waals surface area contributed by atoms with E-state index in [1.807, 2.05) is 13.1 Å². The highest BCUT2D eigenvalue weighted by atomic mass is 127. The molecule has 0 aliphatic heterocycles. The van der Waals surface area contributed by atoms with Crippen molar-refractivity contribution in [1.82, 2.24) is 20.9 Å². The fraction of sp³-hybridized carbons (Fsp3) is 0.438. The summed E-state index contributed by atoms with van der Waals surface area (Å²) < 4.78 is 5.04. The average Bonchev–Trinajstić information content (AvgIpc) is 3.27. The topological polar surface area (TPSA) is 91.5 Å². The lowest BCUT2D eigenvalue weighted by Gasteiger charge is -2.11. The Balaban J connectivity index is 0.00000312. The third-order valence-corrected chi connectivity index (χ3v) is 4.24. The zero-order valence-electron chi connectivity index (χ0n) is 14.4. The molecule has 0 bridgehead atoms. The van der Waals surface area contributed by atoms with E-state index in [-0.39, 0.29) is 29.9 Å². The van der Waals surface area contributed by atoms with Crippen LogP contribution in [0.25, 0.3) is 0 Å². The van der Waals surface area contributed by atoms with E-state index in [2.05, 4.69) is 32.9 Å². The molecule has 138 valence electrons. The van der Waals surface area contributed by atoms with Crippen molar-refractivity contribution in [2.45, 2.75) is 26.8 Å². The Bertz CT molecular complexity index is 657. The molecule has 3 N–H and O–H groups in total. The number of hydrogen-bond acceptors (Lipinski definition) is 5. The number of furan rings is 1. The van der Waals surface area contributed by atoms with Crippen molar-refractivity contribution in [3.05, 3.63) is 40.2 Å². The maximum Gasteiger partial charge on any atom is 0.287 e. The maximum atomic E-state index is 11.7. The SMILES string of the molecule is CCNC(=NCc1ncc(CC)s1)NCCNC(=O)c1ccco1.I. The molecule has 2 heterocycles. The van der Waals surface area contributed by atoms with E-state index >= 15 is 0 Å². The molecule has 0 atom stereocenters. The number of hydrogen-bond donors (Lipinski definition) is 3. The van der Waals surface area contributed by atoms with Gasteiger partial charge in [-0.15, -0.1) is 35.3 Å². The fourth-order valence-electron chi connectivity index (χ4n) is 1.92. The molecule has 0 aromatic carbocycles. The quantitative estimate of drug-likeness (QED) is 0.235. The van der Waals surface area contributed by atoms with Crippen LogP contribution in [0.2, 0.25) is 0 Å². The van der Waals surface area contributed by atoms with Crippen molar-refractivity contribution in [2.75, 3.05) is 19.6 Å². The zero-order chi connectivity index (χ0) is 17.2. The summed E-state index contributed by atoms with van der Waals surface area (Å²) in [4.78, 5) is 21.9. The monoisotopic (exact) mass is 477 g/mol. The Labute approximate surface area is 168 Å². The summed E-state index contributed by atoms with van der Waals surface area (Å²) in [5.41, 5.74) is 0. The molecule has 0 spiro atoms. The average molecular weight is 477 g/mol. The molecule has 0 radical (unpaired) electrons. The standard InChI is InChI=1S/C16H23N5O2S.HI/c1-3-12-10-20-14(24-12)11-21-16(17-4-2)19-8-7-18-15(22)13-6-5-9-23-13;/h5-6,9-10H,3-4,7-8,11H2,1-2H3,(H,18,22)(H2,17,19,21);1H. The second-order valence-corrected chi connectivity index (χ2v) is 6.13. The van der Waals surface area contributed by atoms with Crippen LogP contribution in [-0.4, -0.2) is 36.5 Å². The highest BCUT2D eigenvalue weighted by molar-refractivity contribution is 14.0. The molecule has 1 amide bonds. The van der Waals surface area contributed by atoms with Gasteiger partial charge in [-0.1, -0.05) is 6.92 Å². The highest BCUT2D eigenvalue weighted by Crippen LogP contribution is 2.13. The molecule has 0 aliphatic rings. The van der Waals surface area contributed by atoms with Gasteiger partial charge < -0.3 is 20.4 Å². The van der Waals surface area contributed by atoms with Crippen molar-refractivity contribution >= 4 is 47.2 Å². The predicted molar refractivity (Wildman–Crippen MR) is 111 cm³/mol. The number of carbonyl (C=O) groups excluding carboxylic acids is 1. The van der Waals surface area contributed by atoms with Crippen molar-refractivity contribution in [3.63, 3.8) is 0 Å². The van der Waals surface area contributed by atoms with Crippen LogP contribution in [0, 0.1) is 0 Å². The normalized spacial score (nSPS) is 10.9. The van der Waals surface area contributed by atoms with Gasteiger partial charge in [0, 0.05) is 30.7 Å². The number of guanidine groups is 1. The smallest absolute Gasteiger partial charge is 0.287 e. The van der Waals surface area contributed by atoms with Gasteiger partial charge in [0.25, 0.3) is 5.91 Å². The van der Waals surface area contributed by atoms with Gasteiger partial charge in [-0.25, -0.2) is 9.98 Å². The second kappa shape index (κ2) is 11.9. The lowest BCUT2D eigenvalue weighted by Crippen LogP contribution is -2.41. The summed E-state index contributed by atoms with van der Waals surface area (Å²) >= 11 is 1.68. The van der Waals surface area contributed by atoms with Crippen LogP contribution in [0.15, 0.2) is 34.0 Å². The molecule has 0 saturated heterocycles. The van der Waals surface area contributed by atoms with Crippen molar-refractivity contribution in [3.8, 4) is 0 Å². The van der Waals surface area contributed by atoms with Crippen LogP contribution < -0.4 is 16.0 Å². The molecule has 2 rings (SSSR count). The van der Waals surface area contributed by atoms with E-state index in [0.717, 1.165) is 18.0 Å². The lowest BCUT2D eigenvalue weighted by molar-refractivity contribution is 0.0926. The number of aliphatic imine (C=N–C) groups is 1. The number of aromatic nitrogens is 1. The Morgan fingerprint density at radius 2 is 2.08 bits per heavy atom. The Morgan fingerprint density at radius 1 is 1.28 bits per heavy atom. The molecular weight excluding hydrogens is 453 g/mol. The van der Waals surface area contributed by atoms with Crippen LogP contribution in [0.3, 0.4) is 0 Å². The first-order chi connectivity index (χ1) is 11.7. The molecule has 0 unspecified atom stereocenters. The van der Waals surface area contributed by atoms with Crippen LogP contribution in [0.1, 0.15) is 34.3 Å². The van der Waals surface area contributed by atoms with Gasteiger partial charge >= 0.3 is 0 Å². The third kappa shape index (κ3) is 7.43. The zero-order valence-corrected chi connectivity index (χ0v) is 17.5. The van der Waals surface area contributed by atoms with Crippen LogP contribution in [0.4, 0.5) is 0 Å². The van der Waals surface area contributed by atoms with Gasteiger partial charge in [-0.3, -0.25) is 4.79 Å². The van der Waals surface area contributed by atoms with Crippen LogP contribution >= 0.6 is 35.3 Å². The molecule has 25 heavy (non-hydrogen) atoms. The van der Waals surface area contributed by atoms with Crippen LogP contribution in [0.5, 0.6) is 0 Å². The van der Waals surface area contributed by atoms with Gasteiger partial charge in [0.15, 0.2) is 11.7 Å². The number of thiazole rings is 1. The number of aryl methyl sites for hydroxylation is 1. The highest BCUT2D eigenvalue weighted by Gasteiger charge is 2.07. The van der Waals surface area contributed by atoms with E-state index < -0.39 is 0 Å². The molecule has 2 aromatic rings. The molecule has 0 aliphatic carbocycles. The molecule has 2 aromatic heterocycles. The summed E-state index contributed by atoms with van der Waals surface area (Å²) in [6.07, 6.45) is 4.38. The van der Waals surface area contributed by atoms with E-state index in [1.54, 1.807) is 23.5 Å². The van der Waals surface area contributed by atoms with Gasteiger partial charge in [0.05, 0.1) is 12.8 Å². The number of amides is 1. The van der Waals surface area contributed by atoms with E-state index in [1.165, 1.54) is 11.1 Å². The van der Waals surface area contributed by atoms with Crippen LogP contribution in [-0.2, 0) is 13.0 Å². The van der Waals surface area contributed by atoms with E-state index in [0.29, 0.717) is 31.4 Å². The molecule has 0 saturated carbocycles. The minimum absolute atomic E-state index is 0. The fourth-order valence-corrected chi connectivity index (χ4v) is 2.71. The molecule has 0 fully saturated rings. The molecular formula is C16H24IN5O2S. The van der Waals surface area contributed by atoms with Gasteiger partial charge in [0.2, 0.25) is 0 Å². The van der Waals surface area contributed by atoms with Crippen molar-refractivity contribution in [2.24, 2.45) is 4.99 Å². The van der Waals surface area contributed by atoms with Crippen molar-refractivity contribution < 1.29 is 9.21 Å². The van der Waals surface area contributed by atoms with Gasteiger partial charge in [-0.05, 0) is 25.5 Å². The third-order valence-electron chi connectivity index (χ3n) is 3.11. The first kappa shape index (κ1) is 21.4. The Morgan fingerprint density at radius 3 is 2.72 bits per heavy atom. The molecule has 7 nitrogen and oxygen atoms in total. The van der Waals surface area contributed by atoms with Gasteiger partial charge in [0.1, 0.15) is 5.01 Å². The number of carbonyl (C=O) groups is 1. The number of halogens is 1. The summed E-state index contributed by atoms with van der Waals surface area (Å²) in [5.74, 6) is 0.794. The Hall–Kier alpha value is -1.62. The minimum Gasteiger partial charge on any atom is -0.459 e. The lowest BCUT2D eigenvalue weighted by atomic mass is 10.4. The Kier molecular flexibility index (Phi) is 10.2. The number of nitrogens with one attached hydrogen (secondary N) is 3. The summed E-state index contributed by atoms with van der Waals surface area (Å²) in [6.45, 7) is 6.47. The predicted octanol–water partition coefficient (Wildman–Crippen LogP) is 2.40. The largest absolute Gasteiger partial charge is 0.459 e. The minimum atomic E-state index is -0.223. The maximum absolute atomic E-state index is 11.7. The first-order valence-electron chi connectivity index (χ1n) is 8.00. The summed E-state index contributed by atoms with van der Waals surface area (Å²) in [7, 11) is 0. The molecule has 9 heteroatoms. The first-order valence-corrected chi connectivity index (χ1v) is 8.82. The van der Waals surface area contributed by atoms with Crippen molar-refractivity contribution in [1.29, 1.82) is 0 Å². The summed E-state index contributed by atoms with van der Waals surface area (Å²) in [5, 5.41) is 10.1. The van der Waals surface area contributed by atoms with Gasteiger partial charge in [-0.2, -0.15) is 0 Å². The number of nitrogens with zero attached hydrogens (tertiary/aromatic N) is 2. The van der Waals surface area contributed by atoms with E-state index in [9.17, 15) is 4.79 Å². The van der Waals surface area contributed by atoms with E-state index in [4.69, 9.17) is 4.42 Å².